The van der Waals surface area contributed by atoms with E-state index >= 15 is 0 Å². The van der Waals surface area contributed by atoms with Gasteiger partial charge in [-0.05, 0) is 45.2 Å². The number of piperazine rings is 1. The predicted octanol–water partition coefficient (Wildman–Crippen LogP) is 3.32. The van der Waals surface area contributed by atoms with Crippen molar-refractivity contribution in [3.05, 3.63) is 45.4 Å². The number of carbonyl (C=O) groups is 2. The number of carbonyl (C=O) groups excluding carboxylic acids is 2. The van der Waals surface area contributed by atoms with Crippen LogP contribution in [0.5, 0.6) is 0 Å². The molecule has 1 fully saturated rings. The summed E-state index contributed by atoms with van der Waals surface area (Å²) >= 11 is 1.62. The average molecular weight is 388 g/mol. The molecule has 1 aliphatic rings. The Morgan fingerprint density at radius 3 is 2.41 bits per heavy atom. The molecule has 0 aromatic carbocycles. The van der Waals surface area contributed by atoms with Crippen molar-refractivity contribution in [1.29, 1.82) is 0 Å². The molecule has 5 nitrogen and oxygen atoms in total. The van der Waals surface area contributed by atoms with Crippen LogP contribution in [-0.2, 0) is 11.2 Å². The fraction of sp³-hybridized carbons (Fsp3) is 0.524. The van der Waals surface area contributed by atoms with Gasteiger partial charge in [-0.3, -0.25) is 14.5 Å². The van der Waals surface area contributed by atoms with Crippen LogP contribution in [-0.4, -0.2) is 58.8 Å². The summed E-state index contributed by atoms with van der Waals surface area (Å²) in [6.45, 7) is 11.7. The first kappa shape index (κ1) is 19.8. The normalized spacial score (nSPS) is 15.5. The lowest BCUT2D eigenvalue weighted by atomic mass is 10.1. The Kier molecular flexibility index (Phi) is 6.17. The molecule has 1 saturated heterocycles. The molecule has 0 spiro atoms. The van der Waals surface area contributed by atoms with Crippen LogP contribution in [0.25, 0.3) is 0 Å². The van der Waals surface area contributed by atoms with Gasteiger partial charge in [0.25, 0.3) is 0 Å². The van der Waals surface area contributed by atoms with E-state index in [0.717, 1.165) is 34.9 Å². The molecule has 1 amide bonds. The highest BCUT2D eigenvalue weighted by molar-refractivity contribution is 7.10. The number of hydrogen-bond donors (Lipinski definition) is 0. The quantitative estimate of drug-likeness (QED) is 0.715. The number of aryl methyl sites for hydroxylation is 1. The summed E-state index contributed by atoms with van der Waals surface area (Å²) < 4.78 is 2.22. The van der Waals surface area contributed by atoms with Crippen LogP contribution < -0.4 is 0 Å². The number of amides is 1. The second kappa shape index (κ2) is 8.40. The lowest BCUT2D eigenvalue weighted by Gasteiger charge is -2.34. The maximum absolute atomic E-state index is 12.8. The SMILES string of the molecule is Cc1cc(C(=O)CN2CCN(C(=O)Cc3cccs3)CC2)c(C)n1C(C)C. The fourth-order valence-corrected chi connectivity index (χ4v) is 4.67. The highest BCUT2D eigenvalue weighted by atomic mass is 32.1. The van der Waals surface area contributed by atoms with E-state index in [4.69, 9.17) is 0 Å². The van der Waals surface area contributed by atoms with Crippen LogP contribution in [0.1, 0.15) is 46.5 Å². The summed E-state index contributed by atoms with van der Waals surface area (Å²) in [7, 11) is 0. The first-order valence-corrected chi connectivity index (χ1v) is 10.5. The van der Waals surface area contributed by atoms with Gasteiger partial charge in [-0.15, -0.1) is 11.3 Å². The van der Waals surface area contributed by atoms with E-state index in [1.54, 1.807) is 11.3 Å². The molecule has 0 atom stereocenters. The molecule has 27 heavy (non-hydrogen) atoms. The van der Waals surface area contributed by atoms with Crippen LogP contribution in [0, 0.1) is 13.8 Å². The van der Waals surface area contributed by atoms with Crippen LogP contribution in [0.3, 0.4) is 0 Å². The topological polar surface area (TPSA) is 45.6 Å². The fourth-order valence-electron chi connectivity index (χ4n) is 3.97. The summed E-state index contributed by atoms with van der Waals surface area (Å²) in [5.74, 6) is 0.359. The monoisotopic (exact) mass is 387 g/mol. The second-order valence-corrected chi connectivity index (χ2v) is 8.62. The lowest BCUT2D eigenvalue weighted by molar-refractivity contribution is -0.132. The molecule has 0 saturated carbocycles. The van der Waals surface area contributed by atoms with Crippen LogP contribution in [0.15, 0.2) is 23.6 Å². The van der Waals surface area contributed by atoms with E-state index in [1.807, 2.05) is 35.4 Å². The number of hydrogen-bond acceptors (Lipinski definition) is 4. The Morgan fingerprint density at radius 2 is 1.85 bits per heavy atom. The van der Waals surface area contributed by atoms with Crippen LogP contribution in [0.4, 0.5) is 0 Å². The summed E-state index contributed by atoms with van der Waals surface area (Å²) in [5.41, 5.74) is 3.02. The number of Topliss-reactive ketones (excluding diaryl/α,β-unsaturated/α-hetero) is 1. The van der Waals surface area contributed by atoms with E-state index in [1.165, 1.54) is 0 Å². The van der Waals surface area contributed by atoms with E-state index in [9.17, 15) is 9.59 Å². The Morgan fingerprint density at radius 1 is 1.15 bits per heavy atom. The maximum atomic E-state index is 12.8. The van der Waals surface area contributed by atoms with Gasteiger partial charge < -0.3 is 9.47 Å². The first-order valence-electron chi connectivity index (χ1n) is 9.61. The third kappa shape index (κ3) is 4.50. The Hall–Kier alpha value is -1.92. The van der Waals surface area contributed by atoms with Crippen molar-refractivity contribution >= 4 is 23.0 Å². The van der Waals surface area contributed by atoms with Crippen LogP contribution >= 0.6 is 11.3 Å². The molecule has 146 valence electrons. The average Bonchev–Trinajstić information content (AvgIpc) is 3.22. The molecule has 2 aromatic rings. The van der Waals surface area contributed by atoms with E-state index in [2.05, 4.69) is 30.2 Å². The van der Waals surface area contributed by atoms with Crippen molar-refractivity contribution in [1.82, 2.24) is 14.4 Å². The zero-order chi connectivity index (χ0) is 19.6. The zero-order valence-electron chi connectivity index (χ0n) is 16.7. The predicted molar refractivity (Wildman–Crippen MR) is 110 cm³/mol. The number of ketones is 1. The van der Waals surface area contributed by atoms with Gasteiger partial charge in [0.1, 0.15) is 0 Å². The van der Waals surface area contributed by atoms with Gasteiger partial charge in [0.2, 0.25) is 5.91 Å². The highest BCUT2D eigenvalue weighted by Gasteiger charge is 2.24. The Balaban J connectivity index is 1.54. The molecule has 1 aliphatic heterocycles. The van der Waals surface area contributed by atoms with Gasteiger partial charge in [-0.1, -0.05) is 6.07 Å². The maximum Gasteiger partial charge on any atom is 0.227 e. The number of aromatic nitrogens is 1. The van der Waals surface area contributed by atoms with Crippen molar-refractivity contribution in [2.24, 2.45) is 0 Å². The lowest BCUT2D eigenvalue weighted by Crippen LogP contribution is -2.50. The molecule has 3 rings (SSSR count). The third-order valence-electron chi connectivity index (χ3n) is 5.30. The molecule has 0 unspecified atom stereocenters. The molecule has 6 heteroatoms. The van der Waals surface area contributed by atoms with Crippen molar-refractivity contribution < 1.29 is 9.59 Å². The van der Waals surface area contributed by atoms with Crippen LogP contribution in [0.2, 0.25) is 0 Å². The zero-order valence-corrected chi connectivity index (χ0v) is 17.5. The molecule has 3 heterocycles. The molecule has 0 aliphatic carbocycles. The minimum absolute atomic E-state index is 0.174. The summed E-state index contributed by atoms with van der Waals surface area (Å²) in [6, 6.07) is 6.35. The minimum Gasteiger partial charge on any atom is -0.346 e. The van der Waals surface area contributed by atoms with Crippen molar-refractivity contribution in [3.8, 4) is 0 Å². The Bertz CT molecular complexity index is 800. The largest absolute Gasteiger partial charge is 0.346 e. The van der Waals surface area contributed by atoms with Crippen molar-refractivity contribution in [2.75, 3.05) is 32.7 Å². The molecule has 0 N–H and O–H groups in total. The molecule has 0 radical (unpaired) electrons. The van der Waals surface area contributed by atoms with Crippen molar-refractivity contribution in [2.45, 2.75) is 40.2 Å². The van der Waals surface area contributed by atoms with Gasteiger partial charge >= 0.3 is 0 Å². The second-order valence-electron chi connectivity index (χ2n) is 7.58. The van der Waals surface area contributed by atoms with Gasteiger partial charge in [0.05, 0.1) is 13.0 Å². The first-order chi connectivity index (χ1) is 12.9. The number of rotatable bonds is 6. The van der Waals surface area contributed by atoms with Gasteiger partial charge in [0.15, 0.2) is 5.78 Å². The Labute approximate surface area is 165 Å². The smallest absolute Gasteiger partial charge is 0.227 e. The van der Waals surface area contributed by atoms with E-state index in [0.29, 0.717) is 32.1 Å². The molecule has 2 aromatic heterocycles. The van der Waals surface area contributed by atoms with Crippen molar-refractivity contribution in [3.63, 3.8) is 0 Å². The third-order valence-corrected chi connectivity index (χ3v) is 6.18. The minimum atomic E-state index is 0.174. The highest BCUT2D eigenvalue weighted by Crippen LogP contribution is 2.21. The van der Waals surface area contributed by atoms with E-state index in [-0.39, 0.29) is 11.7 Å². The van der Waals surface area contributed by atoms with Gasteiger partial charge in [-0.25, -0.2) is 0 Å². The summed E-state index contributed by atoms with van der Waals surface area (Å²) in [4.78, 5) is 30.4. The van der Waals surface area contributed by atoms with E-state index < -0.39 is 0 Å². The number of thiophene rings is 1. The summed E-state index contributed by atoms with van der Waals surface area (Å²) in [5, 5.41) is 2.00. The summed E-state index contributed by atoms with van der Waals surface area (Å²) in [6.07, 6.45) is 0.484. The molecular weight excluding hydrogens is 358 g/mol. The standard InChI is InChI=1S/C21H29N3O2S/c1-15(2)24-16(3)12-19(17(24)4)20(25)14-22-7-9-23(10-8-22)21(26)13-18-6-5-11-27-18/h5-6,11-12,15H,7-10,13-14H2,1-4H3. The molecule has 0 bridgehead atoms. The number of nitrogens with zero attached hydrogens (tertiary/aromatic N) is 3. The molecular formula is C21H29N3O2S. The van der Waals surface area contributed by atoms with Gasteiger partial charge in [0, 0.05) is 54.0 Å². The van der Waals surface area contributed by atoms with Gasteiger partial charge in [-0.2, -0.15) is 0 Å².